The van der Waals surface area contributed by atoms with Gasteiger partial charge in [0.25, 0.3) is 0 Å². The summed E-state index contributed by atoms with van der Waals surface area (Å²) in [6.45, 7) is 1.47. The predicted octanol–water partition coefficient (Wildman–Crippen LogP) is 4.17. The fraction of sp³-hybridized carbons (Fsp3) is 0.238. The van der Waals surface area contributed by atoms with Gasteiger partial charge in [-0.1, -0.05) is 13.0 Å². The van der Waals surface area contributed by atoms with E-state index in [0.717, 1.165) is 6.07 Å². The number of sulfone groups is 1. The van der Waals surface area contributed by atoms with E-state index in [2.05, 4.69) is 25.0 Å². The Labute approximate surface area is 191 Å². The third-order valence-corrected chi connectivity index (χ3v) is 7.01. The minimum Gasteiger partial charge on any atom is -0.453 e. The molecule has 0 atom stereocenters. The number of aromatic nitrogens is 4. The molecule has 0 fully saturated rings. The van der Waals surface area contributed by atoms with Gasteiger partial charge in [0, 0.05) is 35.9 Å². The lowest BCUT2D eigenvalue weighted by Crippen LogP contribution is -2.12. The molecule has 13 heteroatoms. The van der Waals surface area contributed by atoms with Crippen LogP contribution in [0.4, 0.5) is 23.7 Å². The zero-order valence-corrected chi connectivity index (χ0v) is 19.0. The fourth-order valence-corrected chi connectivity index (χ4v) is 4.75. The topological polar surface area (TPSA) is 116 Å². The maximum Gasteiger partial charge on any atom is 0.417 e. The van der Waals surface area contributed by atoms with Crippen LogP contribution >= 0.6 is 0 Å². The van der Waals surface area contributed by atoms with Crippen molar-refractivity contribution in [1.29, 1.82) is 0 Å². The maximum absolute atomic E-state index is 13.1. The summed E-state index contributed by atoms with van der Waals surface area (Å²) in [7, 11) is -1.13. The number of hydrogen-bond acceptors (Lipinski definition) is 7. The smallest absolute Gasteiger partial charge is 0.417 e. The average molecular weight is 493 g/mol. The molecule has 0 spiro atoms. The van der Waals surface area contributed by atoms with Crippen LogP contribution in [0.25, 0.3) is 33.5 Å². The van der Waals surface area contributed by atoms with Crippen LogP contribution in [-0.4, -0.2) is 46.9 Å². The highest BCUT2D eigenvalue weighted by atomic mass is 32.2. The van der Waals surface area contributed by atoms with Crippen LogP contribution in [0.5, 0.6) is 0 Å². The molecule has 1 aromatic carbocycles. The number of nitrogens with one attached hydrogen (secondary N) is 1. The van der Waals surface area contributed by atoms with Gasteiger partial charge in [0.1, 0.15) is 16.1 Å². The second-order valence-corrected chi connectivity index (χ2v) is 9.53. The molecule has 0 saturated carbocycles. The van der Waals surface area contributed by atoms with E-state index in [1.165, 1.54) is 50.0 Å². The zero-order valence-electron chi connectivity index (χ0n) is 18.1. The molecule has 3 heterocycles. The second kappa shape index (κ2) is 8.24. The van der Waals surface area contributed by atoms with Crippen LogP contribution in [0.3, 0.4) is 0 Å². The molecule has 0 radical (unpaired) electrons. The SMILES string of the molecule is CCS(=O)(=O)c1c(-c2nc3cc(C(F)(F)F)cnc3n2C)ncc2cc(NC(=O)OC)ccc12. The van der Waals surface area contributed by atoms with E-state index in [9.17, 15) is 26.4 Å². The molecule has 1 N–H and O–H groups in total. The molecule has 0 aliphatic carbocycles. The van der Waals surface area contributed by atoms with Crippen molar-refractivity contribution in [2.45, 2.75) is 18.0 Å². The number of aryl methyl sites for hydroxylation is 1. The van der Waals surface area contributed by atoms with E-state index in [-0.39, 0.29) is 33.3 Å². The summed E-state index contributed by atoms with van der Waals surface area (Å²) in [5, 5.41) is 3.23. The first-order chi connectivity index (χ1) is 16.0. The Balaban J connectivity index is 1.97. The number of fused-ring (bicyclic) bond motifs is 2. The molecular formula is C21H18F3N5O4S. The maximum atomic E-state index is 13.1. The van der Waals surface area contributed by atoms with Gasteiger partial charge in [0.2, 0.25) is 0 Å². The first-order valence-corrected chi connectivity index (χ1v) is 11.5. The number of halogens is 3. The Morgan fingerprint density at radius 1 is 1.18 bits per heavy atom. The van der Waals surface area contributed by atoms with E-state index in [4.69, 9.17) is 0 Å². The highest BCUT2D eigenvalue weighted by Gasteiger charge is 2.32. The summed E-state index contributed by atoms with van der Waals surface area (Å²) < 4.78 is 71.5. The fourth-order valence-electron chi connectivity index (χ4n) is 3.50. The van der Waals surface area contributed by atoms with Crippen LogP contribution in [0.2, 0.25) is 0 Å². The lowest BCUT2D eigenvalue weighted by atomic mass is 10.1. The van der Waals surface area contributed by atoms with Gasteiger partial charge < -0.3 is 9.30 Å². The molecular weight excluding hydrogens is 475 g/mol. The summed E-state index contributed by atoms with van der Waals surface area (Å²) in [4.78, 5) is 23.8. The molecule has 3 aromatic heterocycles. The molecule has 0 saturated heterocycles. The van der Waals surface area contributed by atoms with Gasteiger partial charge in [0.05, 0.1) is 18.4 Å². The van der Waals surface area contributed by atoms with Gasteiger partial charge in [-0.3, -0.25) is 10.3 Å². The number of pyridine rings is 2. The third kappa shape index (κ3) is 4.02. The highest BCUT2D eigenvalue weighted by molar-refractivity contribution is 7.91. The number of methoxy groups -OCH3 is 1. The van der Waals surface area contributed by atoms with Crippen molar-refractivity contribution < 1.29 is 31.1 Å². The van der Waals surface area contributed by atoms with Gasteiger partial charge in [-0.05, 0) is 18.2 Å². The summed E-state index contributed by atoms with van der Waals surface area (Å²) in [6.07, 6.45) is -3.21. The number of ether oxygens (including phenoxy) is 1. The predicted molar refractivity (Wildman–Crippen MR) is 118 cm³/mol. The summed E-state index contributed by atoms with van der Waals surface area (Å²) in [5.41, 5.74) is -0.533. The minimum absolute atomic E-state index is 0.0166. The molecule has 0 bridgehead atoms. The van der Waals surface area contributed by atoms with Gasteiger partial charge >= 0.3 is 12.3 Å². The molecule has 0 unspecified atom stereocenters. The van der Waals surface area contributed by atoms with Crippen molar-refractivity contribution in [3.63, 3.8) is 0 Å². The Morgan fingerprint density at radius 2 is 1.91 bits per heavy atom. The highest BCUT2D eigenvalue weighted by Crippen LogP contribution is 2.35. The molecule has 0 aliphatic rings. The summed E-state index contributed by atoms with van der Waals surface area (Å²) >= 11 is 0. The number of benzene rings is 1. The molecule has 178 valence electrons. The molecule has 0 aliphatic heterocycles. The number of carbonyl (C=O) groups is 1. The largest absolute Gasteiger partial charge is 0.453 e. The van der Waals surface area contributed by atoms with Crippen molar-refractivity contribution in [2.75, 3.05) is 18.2 Å². The third-order valence-electron chi connectivity index (χ3n) is 5.21. The number of hydrogen-bond donors (Lipinski definition) is 1. The van der Waals surface area contributed by atoms with Crippen molar-refractivity contribution in [1.82, 2.24) is 19.5 Å². The second-order valence-electron chi connectivity index (χ2n) is 7.32. The Bertz CT molecular complexity index is 1550. The van der Waals surface area contributed by atoms with Crippen LogP contribution in [-0.2, 0) is 27.8 Å². The number of alkyl halides is 3. The summed E-state index contributed by atoms with van der Waals surface area (Å²) in [5.74, 6) is -0.198. The van der Waals surface area contributed by atoms with Crippen LogP contribution in [0.1, 0.15) is 12.5 Å². The van der Waals surface area contributed by atoms with Crippen LogP contribution < -0.4 is 5.32 Å². The van der Waals surface area contributed by atoms with E-state index in [1.54, 1.807) is 0 Å². The minimum atomic E-state index is -4.60. The molecule has 34 heavy (non-hydrogen) atoms. The number of rotatable bonds is 4. The number of imidazole rings is 1. The molecule has 9 nitrogen and oxygen atoms in total. The van der Waals surface area contributed by atoms with E-state index in [0.29, 0.717) is 22.7 Å². The normalized spacial score (nSPS) is 12.3. The van der Waals surface area contributed by atoms with Crippen LogP contribution in [0.15, 0.2) is 41.6 Å². The average Bonchev–Trinajstić information content (AvgIpc) is 3.13. The molecule has 4 aromatic rings. The van der Waals surface area contributed by atoms with E-state index >= 15 is 0 Å². The van der Waals surface area contributed by atoms with Crippen molar-refractivity contribution in [3.05, 3.63) is 42.2 Å². The number of amides is 1. The molecule has 1 amide bonds. The van der Waals surface area contributed by atoms with Crippen molar-refractivity contribution in [3.8, 4) is 11.5 Å². The van der Waals surface area contributed by atoms with Crippen molar-refractivity contribution in [2.24, 2.45) is 7.05 Å². The Hall–Kier alpha value is -3.74. The van der Waals surface area contributed by atoms with E-state index in [1.807, 2.05) is 0 Å². The summed E-state index contributed by atoms with van der Waals surface area (Å²) in [6, 6.07) is 5.40. The lowest BCUT2D eigenvalue weighted by molar-refractivity contribution is -0.137. The lowest BCUT2D eigenvalue weighted by Gasteiger charge is -2.13. The van der Waals surface area contributed by atoms with Gasteiger partial charge in [-0.25, -0.2) is 23.2 Å². The van der Waals surface area contributed by atoms with Gasteiger partial charge in [-0.15, -0.1) is 0 Å². The number of carbonyl (C=O) groups excluding carboxylic acids is 1. The molecule has 4 rings (SSSR count). The first kappa shape index (κ1) is 23.4. The zero-order chi connectivity index (χ0) is 24.8. The monoisotopic (exact) mass is 493 g/mol. The Morgan fingerprint density at radius 3 is 2.56 bits per heavy atom. The van der Waals surface area contributed by atoms with Gasteiger partial charge in [0.15, 0.2) is 21.3 Å². The standard InChI is InChI=1S/C21H18F3N5O4S/c1-4-34(31,32)17-14-6-5-13(27-20(30)33-3)7-11(14)9-25-16(17)19-28-15-8-12(21(22,23)24)10-26-18(15)29(19)2/h5-10H,4H2,1-3H3,(H,27,30). The van der Waals surface area contributed by atoms with Crippen molar-refractivity contribution >= 4 is 43.6 Å². The van der Waals surface area contributed by atoms with Crippen LogP contribution in [0, 0.1) is 0 Å². The quantitative estimate of drug-likeness (QED) is 0.454. The first-order valence-electron chi connectivity index (χ1n) is 9.86. The number of anilines is 1. The Kier molecular flexibility index (Phi) is 5.67. The van der Waals surface area contributed by atoms with E-state index < -0.39 is 27.7 Å². The van der Waals surface area contributed by atoms with Gasteiger partial charge in [-0.2, -0.15) is 13.2 Å². The number of nitrogens with zero attached hydrogens (tertiary/aromatic N) is 4.